The summed E-state index contributed by atoms with van der Waals surface area (Å²) in [5.41, 5.74) is 2.46. The number of nitrogens with one attached hydrogen (secondary N) is 1. The molecule has 2 amide bonds. The van der Waals surface area contributed by atoms with E-state index in [1.807, 2.05) is 43.3 Å². The molecule has 6 heteroatoms. The van der Waals surface area contributed by atoms with Crippen molar-refractivity contribution in [2.24, 2.45) is 0 Å². The molecule has 1 heterocycles. The second kappa shape index (κ2) is 9.95. The summed E-state index contributed by atoms with van der Waals surface area (Å²) in [6.45, 7) is 2.96. The Morgan fingerprint density at radius 1 is 1.14 bits per heavy atom. The standard InChI is InChI=1S/C23H24Cl2N2O2/c1-16(13-17-7-3-2-4-8-17)15-27(21-9-5-6-12-26-22(21)28)23(29)18-10-11-19(24)20(25)14-18/h2-4,7-8,10-11,13-14,21H,5-6,9,12,15H2,1H3,(H,26,28)/b16-13+. The van der Waals surface area contributed by atoms with E-state index in [0.717, 1.165) is 24.0 Å². The Morgan fingerprint density at radius 3 is 2.62 bits per heavy atom. The molecule has 0 radical (unpaired) electrons. The van der Waals surface area contributed by atoms with Crippen molar-refractivity contribution in [3.05, 3.63) is 75.3 Å². The highest BCUT2D eigenvalue weighted by Crippen LogP contribution is 2.25. The van der Waals surface area contributed by atoms with Crippen LogP contribution in [0.2, 0.25) is 10.0 Å². The molecule has 0 saturated carbocycles. The first kappa shape index (κ1) is 21.4. The van der Waals surface area contributed by atoms with E-state index in [4.69, 9.17) is 23.2 Å². The molecule has 1 fully saturated rings. The highest BCUT2D eigenvalue weighted by Gasteiger charge is 2.31. The van der Waals surface area contributed by atoms with Crippen LogP contribution in [0.5, 0.6) is 0 Å². The molecule has 1 N–H and O–H groups in total. The molecule has 152 valence electrons. The average molecular weight is 431 g/mol. The maximum absolute atomic E-state index is 13.4. The first-order valence-electron chi connectivity index (χ1n) is 9.71. The molecule has 1 saturated heterocycles. The van der Waals surface area contributed by atoms with Crippen molar-refractivity contribution in [2.75, 3.05) is 13.1 Å². The van der Waals surface area contributed by atoms with Gasteiger partial charge in [0.2, 0.25) is 5.91 Å². The van der Waals surface area contributed by atoms with Crippen LogP contribution in [0.1, 0.15) is 42.1 Å². The van der Waals surface area contributed by atoms with Gasteiger partial charge in [-0.25, -0.2) is 0 Å². The summed E-state index contributed by atoms with van der Waals surface area (Å²) in [5, 5.41) is 3.64. The molecule has 1 unspecified atom stereocenters. The quantitative estimate of drug-likeness (QED) is 0.707. The van der Waals surface area contributed by atoms with Crippen LogP contribution in [0.15, 0.2) is 54.1 Å². The molecule has 1 aliphatic heterocycles. The lowest BCUT2D eigenvalue weighted by molar-refractivity contribution is -0.125. The van der Waals surface area contributed by atoms with Gasteiger partial charge in [0, 0.05) is 18.7 Å². The van der Waals surface area contributed by atoms with Gasteiger partial charge in [-0.05, 0) is 49.9 Å². The monoisotopic (exact) mass is 430 g/mol. The SMILES string of the molecule is C/C(=C\c1ccccc1)CN(C(=O)c1ccc(Cl)c(Cl)c1)C1CCCCNC1=O. The van der Waals surface area contributed by atoms with E-state index in [1.54, 1.807) is 23.1 Å². The Balaban J connectivity index is 1.92. The molecular formula is C23H24Cl2N2O2. The zero-order valence-corrected chi connectivity index (χ0v) is 17.8. The van der Waals surface area contributed by atoms with Crippen molar-refractivity contribution in [3.63, 3.8) is 0 Å². The maximum Gasteiger partial charge on any atom is 0.254 e. The van der Waals surface area contributed by atoms with Crippen LogP contribution in [-0.2, 0) is 4.79 Å². The fourth-order valence-corrected chi connectivity index (χ4v) is 3.79. The Bertz CT molecular complexity index is 912. The first-order valence-corrected chi connectivity index (χ1v) is 10.5. The van der Waals surface area contributed by atoms with Gasteiger partial charge in [-0.1, -0.05) is 65.2 Å². The third-order valence-electron chi connectivity index (χ3n) is 4.94. The summed E-state index contributed by atoms with van der Waals surface area (Å²) in [4.78, 5) is 27.7. The van der Waals surface area contributed by atoms with Crippen molar-refractivity contribution in [1.82, 2.24) is 10.2 Å². The van der Waals surface area contributed by atoms with Gasteiger partial charge in [0.25, 0.3) is 5.91 Å². The number of hydrogen-bond donors (Lipinski definition) is 1. The Hall–Kier alpha value is -2.30. The zero-order chi connectivity index (χ0) is 20.8. The van der Waals surface area contributed by atoms with Crippen LogP contribution in [0, 0.1) is 0 Å². The Morgan fingerprint density at radius 2 is 1.90 bits per heavy atom. The predicted molar refractivity (Wildman–Crippen MR) is 118 cm³/mol. The molecule has 4 nitrogen and oxygen atoms in total. The summed E-state index contributed by atoms with van der Waals surface area (Å²) in [5.74, 6) is -0.338. The van der Waals surface area contributed by atoms with E-state index >= 15 is 0 Å². The van der Waals surface area contributed by atoms with E-state index in [2.05, 4.69) is 5.32 Å². The van der Waals surface area contributed by atoms with Crippen LogP contribution in [0.4, 0.5) is 0 Å². The number of nitrogens with zero attached hydrogens (tertiary/aromatic N) is 1. The lowest BCUT2D eigenvalue weighted by atomic mass is 10.0. The highest BCUT2D eigenvalue weighted by molar-refractivity contribution is 6.42. The third kappa shape index (κ3) is 5.62. The Kier molecular flexibility index (Phi) is 7.34. The smallest absolute Gasteiger partial charge is 0.254 e. The summed E-state index contributed by atoms with van der Waals surface area (Å²) in [6, 6.07) is 14.2. The van der Waals surface area contributed by atoms with Crippen molar-refractivity contribution < 1.29 is 9.59 Å². The van der Waals surface area contributed by atoms with E-state index < -0.39 is 6.04 Å². The number of hydrogen-bond acceptors (Lipinski definition) is 2. The van der Waals surface area contributed by atoms with E-state index in [-0.39, 0.29) is 11.8 Å². The van der Waals surface area contributed by atoms with Gasteiger partial charge in [0.05, 0.1) is 10.0 Å². The molecular weight excluding hydrogens is 407 g/mol. The van der Waals surface area contributed by atoms with E-state index in [9.17, 15) is 9.59 Å². The molecule has 2 aromatic rings. The molecule has 1 atom stereocenters. The first-order chi connectivity index (χ1) is 14.0. The van der Waals surface area contributed by atoms with Gasteiger partial charge in [0.15, 0.2) is 0 Å². The minimum atomic E-state index is -0.515. The molecule has 0 aromatic heterocycles. The lowest BCUT2D eigenvalue weighted by Crippen LogP contribution is -2.49. The topological polar surface area (TPSA) is 49.4 Å². The van der Waals surface area contributed by atoms with Crippen LogP contribution in [0.3, 0.4) is 0 Å². The van der Waals surface area contributed by atoms with Crippen molar-refractivity contribution >= 4 is 41.1 Å². The molecule has 2 aromatic carbocycles. The highest BCUT2D eigenvalue weighted by atomic mass is 35.5. The fourth-order valence-electron chi connectivity index (χ4n) is 3.49. The predicted octanol–water partition coefficient (Wildman–Crippen LogP) is 5.21. The molecule has 0 spiro atoms. The molecule has 1 aliphatic rings. The minimum Gasteiger partial charge on any atom is -0.354 e. The van der Waals surface area contributed by atoms with Gasteiger partial charge in [-0.3, -0.25) is 9.59 Å². The number of halogens is 2. The summed E-state index contributed by atoms with van der Waals surface area (Å²) < 4.78 is 0. The number of benzene rings is 2. The third-order valence-corrected chi connectivity index (χ3v) is 5.68. The number of carbonyl (C=O) groups is 2. The second-order valence-electron chi connectivity index (χ2n) is 7.27. The van der Waals surface area contributed by atoms with E-state index in [0.29, 0.717) is 35.1 Å². The van der Waals surface area contributed by atoms with Crippen molar-refractivity contribution in [2.45, 2.75) is 32.2 Å². The average Bonchev–Trinajstić information content (AvgIpc) is 2.93. The van der Waals surface area contributed by atoms with Gasteiger partial charge < -0.3 is 10.2 Å². The summed E-state index contributed by atoms with van der Waals surface area (Å²) >= 11 is 12.1. The maximum atomic E-state index is 13.4. The van der Waals surface area contributed by atoms with E-state index in [1.165, 1.54) is 0 Å². The summed E-state index contributed by atoms with van der Waals surface area (Å²) in [7, 11) is 0. The van der Waals surface area contributed by atoms with Crippen LogP contribution >= 0.6 is 23.2 Å². The van der Waals surface area contributed by atoms with Crippen molar-refractivity contribution in [3.8, 4) is 0 Å². The molecule has 0 bridgehead atoms. The van der Waals surface area contributed by atoms with Crippen molar-refractivity contribution in [1.29, 1.82) is 0 Å². The normalized spacial score (nSPS) is 17.4. The molecule has 3 rings (SSSR count). The largest absolute Gasteiger partial charge is 0.354 e. The molecule has 29 heavy (non-hydrogen) atoms. The van der Waals surface area contributed by atoms with Crippen LogP contribution in [-0.4, -0.2) is 35.8 Å². The van der Waals surface area contributed by atoms with Gasteiger partial charge in [0.1, 0.15) is 6.04 Å². The van der Waals surface area contributed by atoms with Gasteiger partial charge in [-0.15, -0.1) is 0 Å². The lowest BCUT2D eigenvalue weighted by Gasteiger charge is -2.30. The van der Waals surface area contributed by atoms with Crippen LogP contribution in [0.25, 0.3) is 6.08 Å². The fraction of sp³-hybridized carbons (Fsp3) is 0.304. The minimum absolute atomic E-state index is 0.108. The van der Waals surface area contributed by atoms with Crippen LogP contribution < -0.4 is 5.32 Å². The number of carbonyl (C=O) groups excluding carboxylic acids is 2. The van der Waals surface area contributed by atoms with Gasteiger partial charge in [-0.2, -0.15) is 0 Å². The number of rotatable bonds is 5. The zero-order valence-electron chi connectivity index (χ0n) is 16.3. The van der Waals surface area contributed by atoms with Gasteiger partial charge >= 0.3 is 0 Å². The summed E-state index contributed by atoms with van der Waals surface area (Å²) in [6.07, 6.45) is 4.47. The second-order valence-corrected chi connectivity index (χ2v) is 8.08. The molecule has 0 aliphatic carbocycles. The Labute approximate surface area is 181 Å². The number of amides is 2.